The molecule has 0 aromatic carbocycles. The van der Waals surface area contributed by atoms with Gasteiger partial charge in [-0.25, -0.2) is 4.79 Å². The minimum atomic E-state index is -0.409. The predicted molar refractivity (Wildman–Crippen MR) is 80.0 cm³/mol. The first-order valence-corrected chi connectivity index (χ1v) is 7.70. The zero-order valence-corrected chi connectivity index (χ0v) is 13.5. The van der Waals surface area contributed by atoms with E-state index >= 15 is 0 Å². The molecule has 1 aliphatic rings. The zero-order valence-electron chi connectivity index (χ0n) is 13.5. The number of amides is 1. The van der Waals surface area contributed by atoms with Crippen molar-refractivity contribution >= 4 is 6.09 Å². The number of ether oxygens (including phenoxy) is 2. The van der Waals surface area contributed by atoms with Gasteiger partial charge in [-0.2, -0.15) is 0 Å². The Bertz CT molecular complexity index is 281. The Morgan fingerprint density at radius 1 is 1.10 bits per heavy atom. The second-order valence-corrected chi connectivity index (χ2v) is 6.21. The van der Waals surface area contributed by atoms with Crippen molar-refractivity contribution in [3.05, 3.63) is 0 Å². The Labute approximate surface area is 123 Å². The van der Waals surface area contributed by atoms with Crippen LogP contribution in [0.2, 0.25) is 0 Å². The van der Waals surface area contributed by atoms with Crippen molar-refractivity contribution in [2.75, 3.05) is 45.9 Å². The lowest BCUT2D eigenvalue weighted by molar-refractivity contribution is 0.0143. The van der Waals surface area contributed by atoms with Gasteiger partial charge in [0.1, 0.15) is 5.60 Å². The van der Waals surface area contributed by atoms with E-state index in [9.17, 15) is 4.79 Å². The highest BCUT2D eigenvalue weighted by atomic mass is 16.6. The second-order valence-electron chi connectivity index (χ2n) is 6.21. The Morgan fingerprint density at radius 2 is 1.75 bits per heavy atom. The molecule has 1 rings (SSSR count). The molecule has 1 amide bonds. The summed E-state index contributed by atoms with van der Waals surface area (Å²) >= 11 is 0. The highest BCUT2D eigenvalue weighted by Gasteiger charge is 2.25. The van der Waals surface area contributed by atoms with Gasteiger partial charge in [-0.3, -0.25) is 4.90 Å². The van der Waals surface area contributed by atoms with E-state index in [2.05, 4.69) is 4.90 Å². The number of carbonyl (C=O) groups is 1. The SMILES string of the molecule is CCOCCCCN1CCN(C(=O)OC(C)(C)C)CC1. The number of unbranched alkanes of at least 4 members (excludes halogenated alkanes) is 1. The van der Waals surface area contributed by atoms with Crippen LogP contribution in [0.3, 0.4) is 0 Å². The molecule has 1 heterocycles. The molecule has 0 saturated carbocycles. The lowest BCUT2D eigenvalue weighted by Gasteiger charge is -2.35. The van der Waals surface area contributed by atoms with Crippen LogP contribution < -0.4 is 0 Å². The van der Waals surface area contributed by atoms with Gasteiger partial charge in [0.25, 0.3) is 0 Å². The molecule has 0 aliphatic carbocycles. The second kappa shape index (κ2) is 8.47. The van der Waals surface area contributed by atoms with Crippen molar-refractivity contribution in [2.24, 2.45) is 0 Å². The molecule has 1 saturated heterocycles. The summed E-state index contributed by atoms with van der Waals surface area (Å²) in [4.78, 5) is 16.1. The molecule has 1 fully saturated rings. The maximum Gasteiger partial charge on any atom is 0.410 e. The van der Waals surface area contributed by atoms with Crippen LogP contribution in [0.5, 0.6) is 0 Å². The van der Waals surface area contributed by atoms with Gasteiger partial charge >= 0.3 is 6.09 Å². The minimum Gasteiger partial charge on any atom is -0.444 e. The number of rotatable bonds is 6. The molecule has 0 N–H and O–H groups in total. The topological polar surface area (TPSA) is 42.0 Å². The quantitative estimate of drug-likeness (QED) is 0.703. The third-order valence-corrected chi connectivity index (χ3v) is 3.24. The van der Waals surface area contributed by atoms with E-state index in [1.165, 1.54) is 0 Å². The summed E-state index contributed by atoms with van der Waals surface area (Å²) in [6.45, 7) is 13.9. The smallest absolute Gasteiger partial charge is 0.410 e. The summed E-state index contributed by atoms with van der Waals surface area (Å²) < 4.78 is 10.7. The molecule has 0 bridgehead atoms. The first-order chi connectivity index (χ1) is 9.42. The Kier molecular flexibility index (Phi) is 7.30. The number of piperazine rings is 1. The van der Waals surface area contributed by atoms with Gasteiger partial charge in [0.05, 0.1) is 0 Å². The van der Waals surface area contributed by atoms with E-state index in [-0.39, 0.29) is 6.09 Å². The van der Waals surface area contributed by atoms with E-state index in [4.69, 9.17) is 9.47 Å². The summed E-state index contributed by atoms with van der Waals surface area (Å²) in [7, 11) is 0. The highest BCUT2D eigenvalue weighted by Crippen LogP contribution is 2.12. The van der Waals surface area contributed by atoms with Gasteiger partial charge in [-0.15, -0.1) is 0 Å². The number of nitrogens with zero attached hydrogens (tertiary/aromatic N) is 2. The van der Waals surface area contributed by atoms with Crippen LogP contribution in [0.25, 0.3) is 0 Å². The van der Waals surface area contributed by atoms with Crippen LogP contribution >= 0.6 is 0 Å². The third kappa shape index (κ3) is 7.10. The third-order valence-electron chi connectivity index (χ3n) is 3.24. The fourth-order valence-corrected chi connectivity index (χ4v) is 2.16. The van der Waals surface area contributed by atoms with Crippen molar-refractivity contribution in [2.45, 2.75) is 46.1 Å². The molecule has 118 valence electrons. The van der Waals surface area contributed by atoms with Crippen molar-refractivity contribution in [1.29, 1.82) is 0 Å². The van der Waals surface area contributed by atoms with Crippen LogP contribution in [0.1, 0.15) is 40.5 Å². The Morgan fingerprint density at radius 3 is 2.30 bits per heavy atom. The molecule has 1 aliphatic heterocycles. The molecule has 0 aromatic heterocycles. The van der Waals surface area contributed by atoms with Gasteiger partial charge in [-0.1, -0.05) is 0 Å². The molecule has 5 heteroatoms. The van der Waals surface area contributed by atoms with E-state index in [1.807, 2.05) is 32.6 Å². The molecule has 20 heavy (non-hydrogen) atoms. The van der Waals surface area contributed by atoms with Crippen molar-refractivity contribution in [3.63, 3.8) is 0 Å². The lowest BCUT2D eigenvalue weighted by Crippen LogP contribution is -2.50. The summed E-state index contributed by atoms with van der Waals surface area (Å²) in [6.07, 6.45) is 2.08. The monoisotopic (exact) mass is 286 g/mol. The van der Waals surface area contributed by atoms with Crippen LogP contribution in [0.4, 0.5) is 4.79 Å². The van der Waals surface area contributed by atoms with Gasteiger partial charge in [0.15, 0.2) is 0 Å². The highest BCUT2D eigenvalue weighted by molar-refractivity contribution is 5.68. The lowest BCUT2D eigenvalue weighted by atomic mass is 10.2. The maximum absolute atomic E-state index is 11.9. The van der Waals surface area contributed by atoms with E-state index in [0.717, 1.165) is 58.8 Å². The number of carbonyl (C=O) groups excluding carboxylic acids is 1. The van der Waals surface area contributed by atoms with Crippen molar-refractivity contribution in [3.8, 4) is 0 Å². The fourth-order valence-electron chi connectivity index (χ4n) is 2.16. The first kappa shape index (κ1) is 17.2. The summed E-state index contributed by atoms with van der Waals surface area (Å²) in [5.74, 6) is 0. The zero-order chi connectivity index (χ0) is 15.0. The maximum atomic E-state index is 11.9. The predicted octanol–water partition coefficient (Wildman–Crippen LogP) is 2.36. The molecule has 0 aromatic rings. The van der Waals surface area contributed by atoms with E-state index < -0.39 is 5.60 Å². The molecule has 0 atom stereocenters. The summed E-state index contributed by atoms with van der Waals surface area (Å²) in [5, 5.41) is 0. The van der Waals surface area contributed by atoms with Crippen LogP contribution in [0, 0.1) is 0 Å². The van der Waals surface area contributed by atoms with Crippen LogP contribution in [-0.4, -0.2) is 67.4 Å². The Hall–Kier alpha value is -0.810. The number of hydrogen-bond acceptors (Lipinski definition) is 4. The van der Waals surface area contributed by atoms with E-state index in [1.54, 1.807) is 0 Å². The Balaban J connectivity index is 2.15. The van der Waals surface area contributed by atoms with E-state index in [0.29, 0.717) is 0 Å². The molecular formula is C15H30N2O3. The fraction of sp³-hybridized carbons (Fsp3) is 0.933. The van der Waals surface area contributed by atoms with Gasteiger partial charge < -0.3 is 14.4 Å². The van der Waals surface area contributed by atoms with Gasteiger partial charge in [-0.05, 0) is 47.1 Å². The average molecular weight is 286 g/mol. The molecule has 5 nitrogen and oxygen atoms in total. The molecule has 0 spiro atoms. The molecular weight excluding hydrogens is 256 g/mol. The first-order valence-electron chi connectivity index (χ1n) is 7.70. The van der Waals surface area contributed by atoms with Crippen molar-refractivity contribution < 1.29 is 14.3 Å². The largest absolute Gasteiger partial charge is 0.444 e. The summed E-state index contributed by atoms with van der Waals surface area (Å²) in [6, 6.07) is 0. The molecule has 0 radical (unpaired) electrons. The normalized spacial score (nSPS) is 17.3. The summed E-state index contributed by atoms with van der Waals surface area (Å²) in [5.41, 5.74) is -0.409. The van der Waals surface area contributed by atoms with Crippen LogP contribution in [0.15, 0.2) is 0 Å². The van der Waals surface area contributed by atoms with Gasteiger partial charge in [0, 0.05) is 39.4 Å². The van der Waals surface area contributed by atoms with Crippen LogP contribution in [-0.2, 0) is 9.47 Å². The number of hydrogen-bond donors (Lipinski definition) is 0. The minimum absolute atomic E-state index is 0.187. The van der Waals surface area contributed by atoms with Crippen molar-refractivity contribution in [1.82, 2.24) is 9.80 Å². The standard InChI is InChI=1S/C15H30N2O3/c1-5-19-13-7-6-8-16-9-11-17(12-10-16)14(18)20-15(2,3)4/h5-13H2,1-4H3. The molecule has 0 unspecified atom stereocenters. The van der Waals surface area contributed by atoms with Gasteiger partial charge in [0.2, 0.25) is 0 Å². The average Bonchev–Trinajstić information content (AvgIpc) is 2.37.